The Morgan fingerprint density at radius 1 is 1.20 bits per heavy atom. The monoisotopic (exact) mass is 308 g/mol. The fraction of sp³-hybridized carbons (Fsp3) is 0.500. The van der Waals surface area contributed by atoms with Gasteiger partial charge in [-0.2, -0.15) is 17.5 Å². The largest absolute Gasteiger partial charge is 0.416 e. The van der Waals surface area contributed by atoms with E-state index in [1.54, 1.807) is 0 Å². The lowest BCUT2D eigenvalue weighted by atomic mass is 10.1. The highest BCUT2D eigenvalue weighted by Crippen LogP contribution is 2.33. The van der Waals surface area contributed by atoms with Gasteiger partial charge in [-0.25, -0.2) is 8.42 Å². The Balaban J connectivity index is 2.42. The Kier molecular flexibility index (Phi) is 4.08. The summed E-state index contributed by atoms with van der Waals surface area (Å²) >= 11 is 0. The zero-order chi connectivity index (χ0) is 15.0. The van der Waals surface area contributed by atoms with E-state index in [1.165, 1.54) is 23.4 Å². The van der Waals surface area contributed by atoms with E-state index >= 15 is 0 Å². The van der Waals surface area contributed by atoms with E-state index in [4.69, 9.17) is 0 Å². The summed E-state index contributed by atoms with van der Waals surface area (Å²) in [7, 11) is -3.87. The van der Waals surface area contributed by atoms with Crippen LogP contribution < -0.4 is 5.32 Å². The Hall–Kier alpha value is -1.12. The smallest absolute Gasteiger partial charge is 0.314 e. The third kappa shape index (κ3) is 2.97. The molecule has 1 saturated heterocycles. The number of piperazine rings is 1. The summed E-state index contributed by atoms with van der Waals surface area (Å²) in [6.45, 7) is 2.83. The molecule has 0 aromatic heterocycles. The Morgan fingerprint density at radius 2 is 1.80 bits per heavy atom. The Morgan fingerprint density at radius 3 is 2.35 bits per heavy atom. The SMILES string of the molecule is Cc1ccc(S(=O)(=O)N2CCNCC2)cc1C(F)(F)F. The molecule has 0 bridgehead atoms. The third-order valence-corrected chi connectivity index (χ3v) is 5.12. The van der Waals surface area contributed by atoms with Gasteiger partial charge >= 0.3 is 6.18 Å². The van der Waals surface area contributed by atoms with Crippen molar-refractivity contribution in [2.75, 3.05) is 26.2 Å². The van der Waals surface area contributed by atoms with E-state index < -0.39 is 21.8 Å². The third-order valence-electron chi connectivity index (χ3n) is 3.23. The summed E-state index contributed by atoms with van der Waals surface area (Å²) in [5, 5.41) is 3.00. The van der Waals surface area contributed by atoms with Crippen LogP contribution in [0.4, 0.5) is 13.2 Å². The first-order valence-corrected chi connectivity index (χ1v) is 7.55. The van der Waals surface area contributed by atoms with Crippen molar-refractivity contribution < 1.29 is 21.6 Å². The summed E-state index contributed by atoms with van der Waals surface area (Å²) in [5.41, 5.74) is -0.898. The Labute approximate surface area is 115 Å². The van der Waals surface area contributed by atoms with Crippen molar-refractivity contribution in [2.45, 2.75) is 18.0 Å². The molecule has 0 aliphatic carbocycles. The second kappa shape index (κ2) is 5.34. The highest BCUT2D eigenvalue weighted by molar-refractivity contribution is 7.89. The van der Waals surface area contributed by atoms with Gasteiger partial charge in [0.25, 0.3) is 0 Å². The van der Waals surface area contributed by atoms with Crippen LogP contribution in [0.5, 0.6) is 0 Å². The van der Waals surface area contributed by atoms with E-state index in [2.05, 4.69) is 5.32 Å². The van der Waals surface area contributed by atoms with E-state index in [9.17, 15) is 21.6 Å². The zero-order valence-corrected chi connectivity index (χ0v) is 11.7. The van der Waals surface area contributed by atoms with Crippen LogP contribution in [0.25, 0.3) is 0 Å². The standard InChI is InChI=1S/C12H15F3N2O2S/c1-9-2-3-10(8-11(9)12(13,14)15)20(18,19)17-6-4-16-5-7-17/h2-3,8,16H,4-7H2,1H3. The van der Waals surface area contributed by atoms with E-state index in [-0.39, 0.29) is 23.5 Å². The number of alkyl halides is 3. The molecule has 1 aliphatic heterocycles. The predicted octanol–water partition coefficient (Wildman–Crippen LogP) is 1.61. The highest BCUT2D eigenvalue weighted by Gasteiger charge is 2.34. The average molecular weight is 308 g/mol. The van der Waals surface area contributed by atoms with Gasteiger partial charge in [0.1, 0.15) is 0 Å². The highest BCUT2D eigenvalue weighted by atomic mass is 32.2. The van der Waals surface area contributed by atoms with Crippen LogP contribution in [0.2, 0.25) is 0 Å². The number of hydrogen-bond donors (Lipinski definition) is 1. The van der Waals surface area contributed by atoms with Crippen molar-refractivity contribution in [3.63, 3.8) is 0 Å². The number of aryl methyl sites for hydroxylation is 1. The first kappa shape index (κ1) is 15.3. The molecule has 0 spiro atoms. The minimum absolute atomic E-state index is 0.0109. The van der Waals surface area contributed by atoms with Gasteiger partial charge in [-0.05, 0) is 24.6 Å². The summed E-state index contributed by atoms with van der Waals surface area (Å²) in [6.07, 6.45) is -4.56. The minimum atomic E-state index is -4.56. The molecule has 8 heteroatoms. The molecule has 0 unspecified atom stereocenters. The van der Waals surface area contributed by atoms with E-state index in [0.717, 1.165) is 0 Å². The van der Waals surface area contributed by atoms with Crippen molar-refractivity contribution in [3.05, 3.63) is 29.3 Å². The molecular weight excluding hydrogens is 293 g/mol. The van der Waals surface area contributed by atoms with Crippen molar-refractivity contribution in [3.8, 4) is 0 Å². The van der Waals surface area contributed by atoms with Gasteiger partial charge in [-0.15, -0.1) is 0 Å². The molecule has 1 aromatic rings. The van der Waals surface area contributed by atoms with E-state index in [1.807, 2.05) is 0 Å². The van der Waals surface area contributed by atoms with Crippen LogP contribution in [-0.4, -0.2) is 38.9 Å². The number of sulfonamides is 1. The molecule has 0 saturated carbocycles. The van der Waals surface area contributed by atoms with Gasteiger partial charge in [0.05, 0.1) is 10.5 Å². The molecule has 1 aromatic carbocycles. The van der Waals surface area contributed by atoms with Crippen LogP contribution in [-0.2, 0) is 16.2 Å². The number of hydrogen-bond acceptors (Lipinski definition) is 3. The van der Waals surface area contributed by atoms with Gasteiger partial charge in [0.2, 0.25) is 10.0 Å². The average Bonchev–Trinajstić information content (AvgIpc) is 2.38. The first-order chi connectivity index (χ1) is 9.23. The molecule has 20 heavy (non-hydrogen) atoms. The summed E-state index contributed by atoms with van der Waals surface area (Å²) in [6, 6.07) is 3.13. The van der Waals surface area contributed by atoms with Crippen molar-refractivity contribution in [1.29, 1.82) is 0 Å². The molecule has 2 rings (SSSR count). The van der Waals surface area contributed by atoms with Crippen LogP contribution >= 0.6 is 0 Å². The Bertz CT molecular complexity index is 593. The van der Waals surface area contributed by atoms with Crippen LogP contribution in [0.15, 0.2) is 23.1 Å². The summed E-state index contributed by atoms with van der Waals surface area (Å²) in [4.78, 5) is -0.308. The molecular formula is C12H15F3N2O2S. The molecule has 1 fully saturated rings. The fourth-order valence-corrected chi connectivity index (χ4v) is 3.57. The number of benzene rings is 1. The fourth-order valence-electron chi connectivity index (χ4n) is 2.10. The zero-order valence-electron chi connectivity index (χ0n) is 10.9. The topological polar surface area (TPSA) is 49.4 Å². The van der Waals surface area contributed by atoms with Gasteiger partial charge in [-0.3, -0.25) is 0 Å². The lowest BCUT2D eigenvalue weighted by Gasteiger charge is -2.27. The van der Waals surface area contributed by atoms with Crippen LogP contribution in [0, 0.1) is 6.92 Å². The van der Waals surface area contributed by atoms with Crippen molar-refractivity contribution >= 4 is 10.0 Å². The van der Waals surface area contributed by atoms with Crippen molar-refractivity contribution in [1.82, 2.24) is 9.62 Å². The maximum Gasteiger partial charge on any atom is 0.416 e. The molecule has 0 radical (unpaired) electrons. The van der Waals surface area contributed by atoms with Crippen LogP contribution in [0.3, 0.4) is 0 Å². The van der Waals surface area contributed by atoms with Crippen molar-refractivity contribution in [2.24, 2.45) is 0 Å². The molecule has 0 amide bonds. The second-order valence-corrected chi connectivity index (χ2v) is 6.57. The maximum atomic E-state index is 12.8. The minimum Gasteiger partial charge on any atom is -0.314 e. The molecule has 1 heterocycles. The number of halogens is 3. The maximum absolute atomic E-state index is 12.8. The predicted molar refractivity (Wildman–Crippen MR) is 67.8 cm³/mol. The van der Waals surface area contributed by atoms with Gasteiger partial charge in [-0.1, -0.05) is 6.07 Å². The molecule has 1 aliphatic rings. The number of rotatable bonds is 2. The second-order valence-electron chi connectivity index (χ2n) is 4.63. The van der Waals surface area contributed by atoms with Gasteiger partial charge in [0.15, 0.2) is 0 Å². The molecule has 1 N–H and O–H groups in total. The first-order valence-electron chi connectivity index (χ1n) is 6.11. The van der Waals surface area contributed by atoms with Crippen LogP contribution in [0.1, 0.15) is 11.1 Å². The van der Waals surface area contributed by atoms with E-state index in [0.29, 0.717) is 19.2 Å². The lowest BCUT2D eigenvalue weighted by molar-refractivity contribution is -0.138. The van der Waals surface area contributed by atoms with Gasteiger partial charge in [0, 0.05) is 26.2 Å². The quantitative estimate of drug-likeness (QED) is 0.903. The molecule has 0 atom stereocenters. The molecule has 4 nitrogen and oxygen atoms in total. The summed E-state index contributed by atoms with van der Waals surface area (Å²) in [5.74, 6) is 0. The normalized spacial score (nSPS) is 18.2. The lowest BCUT2D eigenvalue weighted by Crippen LogP contribution is -2.46. The number of nitrogens with zero attached hydrogens (tertiary/aromatic N) is 1. The number of nitrogens with one attached hydrogen (secondary N) is 1. The molecule has 112 valence electrons. The summed E-state index contributed by atoms with van der Waals surface area (Å²) < 4.78 is 64.3. The van der Waals surface area contributed by atoms with Gasteiger partial charge < -0.3 is 5.32 Å².